The van der Waals surface area contributed by atoms with Gasteiger partial charge in [0.05, 0.1) is 5.69 Å². The van der Waals surface area contributed by atoms with Crippen LogP contribution in [0.2, 0.25) is 0 Å². The Balaban J connectivity index is 2.88. The molecule has 0 saturated heterocycles. The third-order valence-electron chi connectivity index (χ3n) is 3.55. The highest BCUT2D eigenvalue weighted by molar-refractivity contribution is 5.92. The van der Waals surface area contributed by atoms with Crippen molar-refractivity contribution in [1.29, 1.82) is 0 Å². The first-order valence-electron chi connectivity index (χ1n) is 7.05. The van der Waals surface area contributed by atoms with Gasteiger partial charge in [-0.05, 0) is 38.3 Å². The third-order valence-corrected chi connectivity index (χ3v) is 3.55. The summed E-state index contributed by atoms with van der Waals surface area (Å²) >= 11 is 0. The number of para-hydroxylation sites is 1. The Morgan fingerprint density at radius 3 is 2.68 bits per heavy atom. The van der Waals surface area contributed by atoms with E-state index in [0.29, 0.717) is 18.4 Å². The molecule has 0 aromatic heterocycles. The van der Waals surface area contributed by atoms with Crippen LogP contribution in [0.15, 0.2) is 18.2 Å². The highest BCUT2D eigenvalue weighted by Gasteiger charge is 2.24. The number of carbonyl (C=O) groups excluding carboxylic acids is 1. The lowest BCUT2D eigenvalue weighted by Gasteiger charge is -2.29. The number of hydrogen-bond acceptors (Lipinski definition) is 3. The summed E-state index contributed by atoms with van der Waals surface area (Å²) in [4.78, 5) is 12.1. The number of carbonyl (C=O) groups is 1. The van der Waals surface area contributed by atoms with Crippen molar-refractivity contribution in [3.05, 3.63) is 23.8 Å². The van der Waals surface area contributed by atoms with Crippen LogP contribution in [0, 0.1) is 6.92 Å². The topological polar surface area (TPSA) is 70.6 Å². The van der Waals surface area contributed by atoms with Gasteiger partial charge in [0.15, 0.2) is 0 Å². The molecule has 1 atom stereocenters. The Morgan fingerprint density at radius 1 is 1.45 bits per heavy atom. The monoisotopic (exact) mass is 316 g/mol. The van der Waals surface area contributed by atoms with Crippen molar-refractivity contribution in [2.24, 2.45) is 0 Å². The van der Waals surface area contributed by atoms with Gasteiger partial charge in [0.25, 0.3) is 0 Å². The zero-order valence-electron chi connectivity index (χ0n) is 13.0. The first-order valence-corrected chi connectivity index (χ1v) is 7.05. The van der Waals surface area contributed by atoms with Crippen LogP contribution in [0.4, 0.5) is 19.3 Å². The van der Waals surface area contributed by atoms with Gasteiger partial charge in [-0.15, -0.1) is 0 Å². The van der Waals surface area contributed by atoms with Crippen molar-refractivity contribution in [2.75, 3.05) is 11.9 Å². The number of hydrogen-bond donors (Lipinski definition) is 3. The average Bonchev–Trinajstić information content (AvgIpc) is 2.42. The summed E-state index contributed by atoms with van der Waals surface area (Å²) in [5.41, 5.74) is 0.224. The molecule has 5 nitrogen and oxygen atoms in total. The van der Waals surface area contributed by atoms with Gasteiger partial charge in [0.2, 0.25) is 0 Å². The smallest absolute Gasteiger partial charge is 0.387 e. The first-order chi connectivity index (χ1) is 10.3. The molecule has 0 spiro atoms. The molecule has 0 heterocycles. The normalized spacial score (nSPS) is 13.6. The van der Waals surface area contributed by atoms with E-state index in [1.807, 2.05) is 6.92 Å². The molecule has 0 fully saturated rings. The minimum Gasteiger partial charge on any atom is -0.433 e. The predicted octanol–water partition coefficient (Wildman–Crippen LogP) is 3.27. The summed E-state index contributed by atoms with van der Waals surface area (Å²) in [7, 11) is 0. The number of benzene rings is 1. The van der Waals surface area contributed by atoms with Gasteiger partial charge in [-0.1, -0.05) is 19.1 Å². The SMILES string of the molecule is CCC(C)(CCO)NC(=O)Nc1c(C)cccc1OC(F)F. The number of nitrogens with one attached hydrogen (secondary N) is 2. The van der Waals surface area contributed by atoms with Crippen LogP contribution in [-0.4, -0.2) is 29.9 Å². The molecule has 1 aromatic carbocycles. The largest absolute Gasteiger partial charge is 0.433 e. The zero-order chi connectivity index (χ0) is 16.8. The van der Waals surface area contributed by atoms with Gasteiger partial charge < -0.3 is 20.5 Å². The van der Waals surface area contributed by atoms with Crippen LogP contribution in [-0.2, 0) is 0 Å². The lowest BCUT2D eigenvalue weighted by atomic mass is 9.95. The number of urea groups is 1. The number of aryl methyl sites for hydroxylation is 1. The molecule has 3 N–H and O–H groups in total. The molecule has 124 valence electrons. The highest BCUT2D eigenvalue weighted by atomic mass is 19.3. The predicted molar refractivity (Wildman–Crippen MR) is 80.4 cm³/mol. The van der Waals surface area contributed by atoms with E-state index in [-0.39, 0.29) is 18.0 Å². The van der Waals surface area contributed by atoms with Crippen molar-refractivity contribution in [1.82, 2.24) is 5.32 Å². The van der Waals surface area contributed by atoms with Crippen LogP contribution < -0.4 is 15.4 Å². The van der Waals surface area contributed by atoms with Gasteiger partial charge >= 0.3 is 12.6 Å². The number of amides is 2. The molecule has 2 amide bonds. The van der Waals surface area contributed by atoms with Gasteiger partial charge in [0.1, 0.15) is 5.75 Å². The molecule has 0 aliphatic heterocycles. The third kappa shape index (κ3) is 5.14. The summed E-state index contributed by atoms with van der Waals surface area (Å²) in [6.07, 6.45) is 1.01. The maximum absolute atomic E-state index is 12.4. The first kappa shape index (κ1) is 18.2. The second-order valence-electron chi connectivity index (χ2n) is 5.29. The Bertz CT molecular complexity index is 512. The molecule has 0 aliphatic rings. The molecular formula is C15H22F2N2O3. The van der Waals surface area contributed by atoms with Crippen molar-refractivity contribution in [3.63, 3.8) is 0 Å². The second kappa shape index (κ2) is 7.93. The summed E-state index contributed by atoms with van der Waals surface area (Å²) in [5, 5.41) is 14.3. The fraction of sp³-hybridized carbons (Fsp3) is 0.533. The molecular weight excluding hydrogens is 294 g/mol. The Labute approximate surface area is 128 Å². The number of anilines is 1. The van der Waals surface area contributed by atoms with Crippen molar-refractivity contribution >= 4 is 11.7 Å². The Kier molecular flexibility index (Phi) is 6.55. The second-order valence-corrected chi connectivity index (χ2v) is 5.29. The van der Waals surface area contributed by atoms with Crippen LogP contribution in [0.1, 0.15) is 32.3 Å². The van der Waals surface area contributed by atoms with Crippen LogP contribution >= 0.6 is 0 Å². The van der Waals surface area contributed by atoms with Gasteiger partial charge in [-0.3, -0.25) is 0 Å². The van der Waals surface area contributed by atoms with Gasteiger partial charge in [0, 0.05) is 12.1 Å². The summed E-state index contributed by atoms with van der Waals surface area (Å²) in [6.45, 7) is 2.34. The minimum atomic E-state index is -2.97. The Hall–Kier alpha value is -1.89. The van der Waals surface area contributed by atoms with E-state index in [2.05, 4.69) is 15.4 Å². The van der Waals surface area contributed by atoms with E-state index in [1.54, 1.807) is 26.0 Å². The number of aliphatic hydroxyl groups excluding tert-OH is 1. The van der Waals surface area contributed by atoms with Crippen molar-refractivity contribution in [2.45, 2.75) is 45.8 Å². The lowest BCUT2D eigenvalue weighted by molar-refractivity contribution is -0.0493. The maximum atomic E-state index is 12.4. The van der Waals surface area contributed by atoms with E-state index in [1.165, 1.54) is 6.07 Å². The summed E-state index contributed by atoms with van der Waals surface area (Å²) in [6, 6.07) is 4.08. The molecule has 22 heavy (non-hydrogen) atoms. The molecule has 0 saturated carbocycles. The summed E-state index contributed by atoms with van der Waals surface area (Å²) in [5.74, 6) is -0.0921. The number of alkyl halides is 2. The van der Waals surface area contributed by atoms with E-state index in [0.717, 1.165) is 0 Å². The number of aliphatic hydroxyl groups is 1. The molecule has 1 rings (SSSR count). The van der Waals surface area contributed by atoms with Gasteiger partial charge in [-0.2, -0.15) is 8.78 Å². The molecule has 0 aliphatic carbocycles. The molecule has 1 unspecified atom stereocenters. The van der Waals surface area contributed by atoms with Crippen molar-refractivity contribution < 1.29 is 23.4 Å². The number of halogens is 2. The quantitative estimate of drug-likeness (QED) is 0.723. The zero-order valence-corrected chi connectivity index (χ0v) is 13.0. The lowest BCUT2D eigenvalue weighted by Crippen LogP contribution is -2.48. The highest BCUT2D eigenvalue weighted by Crippen LogP contribution is 2.29. The summed E-state index contributed by atoms with van der Waals surface area (Å²) < 4.78 is 29.3. The van der Waals surface area contributed by atoms with E-state index in [4.69, 9.17) is 5.11 Å². The fourth-order valence-corrected chi connectivity index (χ4v) is 1.99. The standard InChI is InChI=1S/C15H22F2N2O3/c1-4-15(3,8-9-20)19-14(21)18-12-10(2)6-5-7-11(12)22-13(16)17/h5-7,13,20H,4,8-9H2,1-3H3,(H2,18,19,21). The van der Waals surface area contributed by atoms with E-state index < -0.39 is 18.2 Å². The fourth-order valence-electron chi connectivity index (χ4n) is 1.99. The van der Waals surface area contributed by atoms with E-state index in [9.17, 15) is 13.6 Å². The molecule has 1 aromatic rings. The number of ether oxygens (including phenoxy) is 1. The van der Waals surface area contributed by atoms with Crippen LogP contribution in [0.25, 0.3) is 0 Å². The molecule has 0 bridgehead atoms. The van der Waals surface area contributed by atoms with Crippen LogP contribution in [0.3, 0.4) is 0 Å². The molecule has 0 radical (unpaired) electrons. The maximum Gasteiger partial charge on any atom is 0.387 e. The van der Waals surface area contributed by atoms with Crippen molar-refractivity contribution in [3.8, 4) is 5.75 Å². The Morgan fingerprint density at radius 2 is 2.14 bits per heavy atom. The number of rotatable bonds is 7. The van der Waals surface area contributed by atoms with E-state index >= 15 is 0 Å². The minimum absolute atomic E-state index is 0.0608. The van der Waals surface area contributed by atoms with Crippen LogP contribution in [0.5, 0.6) is 5.75 Å². The average molecular weight is 316 g/mol. The van der Waals surface area contributed by atoms with Gasteiger partial charge in [-0.25, -0.2) is 4.79 Å². The molecule has 7 heteroatoms.